The molecule has 16 heavy (non-hydrogen) atoms. The molecule has 0 atom stereocenters. The minimum absolute atomic E-state index is 0.0654. The fraction of sp³-hybridized carbons (Fsp3) is 0.875. The van der Waals surface area contributed by atoms with Gasteiger partial charge >= 0.3 is 6.03 Å². The number of amides is 2. The number of sulfone groups is 1. The summed E-state index contributed by atoms with van der Waals surface area (Å²) in [6, 6.07) is -0.403. The van der Waals surface area contributed by atoms with Crippen LogP contribution in [0.2, 0.25) is 0 Å². The zero-order valence-corrected chi connectivity index (χ0v) is 10.2. The van der Waals surface area contributed by atoms with E-state index < -0.39 is 15.9 Å². The van der Waals surface area contributed by atoms with Crippen LogP contribution in [0.5, 0.6) is 0 Å². The molecule has 0 saturated carbocycles. The summed E-state index contributed by atoms with van der Waals surface area (Å²) in [5.41, 5.74) is 5.20. The molecule has 8 heteroatoms. The van der Waals surface area contributed by atoms with Crippen LogP contribution in [0.4, 0.5) is 4.79 Å². The zero-order chi connectivity index (χ0) is 12.4. The van der Waals surface area contributed by atoms with Crippen molar-refractivity contribution in [3.8, 4) is 0 Å². The first-order valence-corrected chi connectivity index (χ1v) is 6.99. The molecule has 0 bridgehead atoms. The molecular formula is C8H19N3O4S. The Balaban J connectivity index is 3.38. The molecule has 0 saturated heterocycles. The van der Waals surface area contributed by atoms with Gasteiger partial charge in [-0.2, -0.15) is 0 Å². The number of hydrogen-bond donors (Lipinski definition) is 3. The van der Waals surface area contributed by atoms with E-state index in [4.69, 9.17) is 10.5 Å². The first-order chi connectivity index (χ1) is 7.45. The molecule has 0 aliphatic rings. The maximum absolute atomic E-state index is 11.1. The number of nitrogens with one attached hydrogen (secondary N) is 2. The molecule has 2 amide bonds. The van der Waals surface area contributed by atoms with Crippen molar-refractivity contribution in [2.24, 2.45) is 5.73 Å². The summed E-state index contributed by atoms with van der Waals surface area (Å²) in [6.07, 6.45) is 1.12. The predicted molar refractivity (Wildman–Crippen MR) is 61.0 cm³/mol. The molecule has 0 aromatic carbocycles. The van der Waals surface area contributed by atoms with Gasteiger partial charge in [-0.15, -0.1) is 0 Å². The number of rotatable bonds is 8. The van der Waals surface area contributed by atoms with E-state index in [2.05, 4.69) is 10.6 Å². The lowest BCUT2D eigenvalue weighted by Gasteiger charge is -2.07. The van der Waals surface area contributed by atoms with Crippen LogP contribution in [0.25, 0.3) is 0 Å². The van der Waals surface area contributed by atoms with Gasteiger partial charge in [-0.3, -0.25) is 0 Å². The van der Waals surface area contributed by atoms with Crippen LogP contribution in [0.1, 0.15) is 0 Å². The maximum atomic E-state index is 11.1. The molecular weight excluding hydrogens is 234 g/mol. The van der Waals surface area contributed by atoms with Crippen LogP contribution < -0.4 is 16.4 Å². The van der Waals surface area contributed by atoms with Crippen molar-refractivity contribution in [3.05, 3.63) is 0 Å². The Morgan fingerprint density at radius 1 is 1.25 bits per heavy atom. The third-order valence-corrected chi connectivity index (χ3v) is 2.50. The van der Waals surface area contributed by atoms with Gasteiger partial charge in [-0.25, -0.2) is 13.2 Å². The van der Waals surface area contributed by atoms with E-state index in [-0.39, 0.29) is 12.3 Å². The summed E-state index contributed by atoms with van der Waals surface area (Å²) in [5.74, 6) is -0.0654. The lowest BCUT2D eigenvalue weighted by Crippen LogP contribution is -2.39. The summed E-state index contributed by atoms with van der Waals surface area (Å²) in [7, 11) is -3.03. The summed E-state index contributed by atoms with van der Waals surface area (Å²) >= 11 is 0. The molecule has 0 heterocycles. The molecule has 0 rings (SSSR count). The average molecular weight is 253 g/mol. The maximum Gasteiger partial charge on any atom is 0.314 e. The lowest BCUT2D eigenvalue weighted by molar-refractivity contribution is 0.143. The van der Waals surface area contributed by atoms with Gasteiger partial charge in [-0.1, -0.05) is 0 Å². The van der Waals surface area contributed by atoms with Crippen molar-refractivity contribution in [3.63, 3.8) is 0 Å². The summed E-state index contributed by atoms with van der Waals surface area (Å²) < 4.78 is 26.5. The van der Waals surface area contributed by atoms with Gasteiger partial charge in [0.15, 0.2) is 0 Å². The highest BCUT2D eigenvalue weighted by Crippen LogP contribution is 1.79. The molecule has 0 aliphatic carbocycles. The molecule has 7 nitrogen and oxygen atoms in total. The molecule has 0 radical (unpaired) electrons. The Bertz CT molecular complexity index is 292. The molecule has 0 spiro atoms. The molecule has 96 valence electrons. The van der Waals surface area contributed by atoms with Gasteiger partial charge in [0.2, 0.25) is 0 Å². The van der Waals surface area contributed by atoms with E-state index >= 15 is 0 Å². The van der Waals surface area contributed by atoms with Crippen LogP contribution in [0.3, 0.4) is 0 Å². The highest BCUT2D eigenvalue weighted by Gasteiger charge is 2.03. The van der Waals surface area contributed by atoms with E-state index in [1.54, 1.807) is 0 Å². The summed E-state index contributed by atoms with van der Waals surface area (Å²) in [6.45, 7) is 1.76. The van der Waals surface area contributed by atoms with Crippen molar-refractivity contribution in [2.45, 2.75) is 0 Å². The Hall–Kier alpha value is -0.860. The quantitative estimate of drug-likeness (QED) is 0.447. The third-order valence-electron chi connectivity index (χ3n) is 1.55. The van der Waals surface area contributed by atoms with Crippen molar-refractivity contribution in [1.29, 1.82) is 0 Å². The minimum atomic E-state index is -3.03. The number of hydrogen-bond acceptors (Lipinski definition) is 5. The molecule has 0 aromatic rings. The molecule has 0 fully saturated rings. The number of ether oxygens (including phenoxy) is 1. The monoisotopic (exact) mass is 253 g/mol. The first-order valence-electron chi connectivity index (χ1n) is 4.93. The lowest BCUT2D eigenvalue weighted by atomic mass is 10.6. The normalized spacial score (nSPS) is 11.1. The highest BCUT2D eigenvalue weighted by molar-refractivity contribution is 7.90. The largest absolute Gasteiger partial charge is 0.378 e. The fourth-order valence-corrected chi connectivity index (χ4v) is 1.31. The van der Waals surface area contributed by atoms with Gasteiger partial charge in [0, 0.05) is 25.9 Å². The Kier molecular flexibility index (Phi) is 7.86. The van der Waals surface area contributed by atoms with Gasteiger partial charge in [0.1, 0.15) is 9.84 Å². The van der Waals surface area contributed by atoms with Gasteiger partial charge in [0.25, 0.3) is 0 Å². The van der Waals surface area contributed by atoms with E-state index in [9.17, 15) is 13.2 Å². The Morgan fingerprint density at radius 3 is 2.44 bits per heavy atom. The van der Waals surface area contributed by atoms with Crippen molar-refractivity contribution >= 4 is 15.9 Å². The van der Waals surface area contributed by atoms with Crippen LogP contribution >= 0.6 is 0 Å². The van der Waals surface area contributed by atoms with Gasteiger partial charge < -0.3 is 21.1 Å². The number of carbonyl (C=O) groups is 1. The number of carbonyl (C=O) groups excluding carboxylic acids is 1. The zero-order valence-electron chi connectivity index (χ0n) is 9.36. The number of urea groups is 1. The second-order valence-corrected chi connectivity index (χ2v) is 5.47. The molecule has 0 unspecified atom stereocenters. The first kappa shape index (κ1) is 15.1. The Labute approximate surface area is 95.6 Å². The SMILES string of the molecule is CS(=O)(=O)CCNC(=O)NCCOCCN. The van der Waals surface area contributed by atoms with Crippen molar-refractivity contribution in [2.75, 3.05) is 44.9 Å². The summed E-state index contributed by atoms with van der Waals surface area (Å²) in [5, 5.41) is 4.94. The minimum Gasteiger partial charge on any atom is -0.378 e. The smallest absolute Gasteiger partial charge is 0.314 e. The highest BCUT2D eigenvalue weighted by atomic mass is 32.2. The second kappa shape index (κ2) is 8.31. The van der Waals surface area contributed by atoms with Gasteiger partial charge in [0.05, 0.1) is 19.0 Å². The molecule has 0 aromatic heterocycles. The van der Waals surface area contributed by atoms with E-state index in [1.165, 1.54) is 0 Å². The van der Waals surface area contributed by atoms with E-state index in [0.29, 0.717) is 26.3 Å². The standard InChI is InChI=1S/C8H19N3O4S/c1-16(13,14)7-4-11-8(12)10-3-6-15-5-2-9/h2-7,9H2,1H3,(H2,10,11,12). The second-order valence-electron chi connectivity index (χ2n) is 3.21. The Morgan fingerprint density at radius 2 is 1.88 bits per heavy atom. The van der Waals surface area contributed by atoms with Crippen LogP contribution in [-0.4, -0.2) is 59.3 Å². The van der Waals surface area contributed by atoms with Crippen LogP contribution in [0.15, 0.2) is 0 Å². The average Bonchev–Trinajstić information content (AvgIpc) is 2.15. The van der Waals surface area contributed by atoms with Crippen molar-refractivity contribution < 1.29 is 17.9 Å². The van der Waals surface area contributed by atoms with Crippen molar-refractivity contribution in [1.82, 2.24) is 10.6 Å². The van der Waals surface area contributed by atoms with Crippen LogP contribution in [-0.2, 0) is 14.6 Å². The predicted octanol–water partition coefficient (Wildman–Crippen LogP) is -1.69. The van der Waals surface area contributed by atoms with Crippen LogP contribution in [0, 0.1) is 0 Å². The topological polar surface area (TPSA) is 111 Å². The molecule has 0 aliphatic heterocycles. The van der Waals surface area contributed by atoms with E-state index in [0.717, 1.165) is 6.26 Å². The summed E-state index contributed by atoms with van der Waals surface area (Å²) in [4.78, 5) is 11.1. The van der Waals surface area contributed by atoms with E-state index in [1.807, 2.05) is 0 Å². The number of nitrogens with two attached hydrogens (primary N) is 1. The van der Waals surface area contributed by atoms with Gasteiger partial charge in [-0.05, 0) is 0 Å². The molecule has 4 N–H and O–H groups in total. The fourth-order valence-electron chi connectivity index (χ4n) is 0.835. The third kappa shape index (κ3) is 11.2.